The van der Waals surface area contributed by atoms with Crippen LogP contribution in [0.4, 0.5) is 4.39 Å². The molecule has 100 valence electrons. The monoisotopic (exact) mass is 251 g/mol. The average Bonchev–Trinajstić information content (AvgIpc) is 2.38. The summed E-state index contributed by atoms with van der Waals surface area (Å²) in [5.41, 5.74) is 0.623. The Hall–Kier alpha value is -1.38. The fourth-order valence-corrected chi connectivity index (χ4v) is 1.91. The maximum Gasteiger partial charge on any atom is 0.222 e. The SMILES string of the molecule is CCCCN(CC)C(=O)CCc1ccccc1F. The van der Waals surface area contributed by atoms with Crippen molar-refractivity contribution in [2.24, 2.45) is 0 Å². The number of hydrogen-bond acceptors (Lipinski definition) is 1. The first kappa shape index (κ1) is 14.7. The van der Waals surface area contributed by atoms with Crippen LogP contribution in [0, 0.1) is 5.82 Å². The van der Waals surface area contributed by atoms with Gasteiger partial charge in [0, 0.05) is 19.5 Å². The first-order valence-electron chi connectivity index (χ1n) is 6.70. The zero-order chi connectivity index (χ0) is 13.4. The summed E-state index contributed by atoms with van der Waals surface area (Å²) in [5.74, 6) is -0.101. The number of carbonyl (C=O) groups is 1. The molecule has 0 heterocycles. The van der Waals surface area contributed by atoms with E-state index in [1.165, 1.54) is 6.07 Å². The largest absolute Gasteiger partial charge is 0.343 e. The van der Waals surface area contributed by atoms with Crippen LogP contribution in [0.15, 0.2) is 24.3 Å². The van der Waals surface area contributed by atoms with Crippen LogP contribution in [0.3, 0.4) is 0 Å². The Morgan fingerprint density at radius 2 is 2.00 bits per heavy atom. The molecule has 1 aromatic carbocycles. The molecule has 1 rings (SSSR count). The molecule has 0 aliphatic heterocycles. The van der Waals surface area contributed by atoms with Crippen molar-refractivity contribution in [3.8, 4) is 0 Å². The number of amides is 1. The Morgan fingerprint density at radius 3 is 2.61 bits per heavy atom. The molecule has 0 N–H and O–H groups in total. The Kier molecular flexibility index (Phi) is 6.40. The first-order valence-corrected chi connectivity index (χ1v) is 6.70. The van der Waals surface area contributed by atoms with E-state index in [9.17, 15) is 9.18 Å². The zero-order valence-electron chi connectivity index (χ0n) is 11.3. The third-order valence-corrected chi connectivity index (χ3v) is 3.08. The van der Waals surface area contributed by atoms with Crippen molar-refractivity contribution in [3.63, 3.8) is 0 Å². The summed E-state index contributed by atoms with van der Waals surface area (Å²) in [5, 5.41) is 0. The molecule has 0 bridgehead atoms. The second kappa shape index (κ2) is 7.85. The van der Waals surface area contributed by atoms with E-state index < -0.39 is 0 Å². The van der Waals surface area contributed by atoms with E-state index in [4.69, 9.17) is 0 Å². The second-order valence-electron chi connectivity index (χ2n) is 4.42. The normalized spacial score (nSPS) is 10.4. The minimum atomic E-state index is -0.220. The van der Waals surface area contributed by atoms with Crippen LogP contribution in [0.1, 0.15) is 38.7 Å². The lowest BCUT2D eigenvalue weighted by Crippen LogP contribution is -2.31. The molecule has 0 fully saturated rings. The molecule has 0 aliphatic rings. The van der Waals surface area contributed by atoms with Gasteiger partial charge in [0.1, 0.15) is 5.82 Å². The van der Waals surface area contributed by atoms with Gasteiger partial charge in [0.25, 0.3) is 0 Å². The van der Waals surface area contributed by atoms with Crippen LogP contribution in [-0.4, -0.2) is 23.9 Å². The predicted octanol–water partition coefficient (Wildman–Crippen LogP) is 3.41. The lowest BCUT2D eigenvalue weighted by atomic mass is 10.1. The number of hydrogen-bond donors (Lipinski definition) is 0. The van der Waals surface area contributed by atoms with Gasteiger partial charge in [0.05, 0.1) is 0 Å². The van der Waals surface area contributed by atoms with Gasteiger partial charge >= 0.3 is 0 Å². The van der Waals surface area contributed by atoms with Gasteiger partial charge in [0.2, 0.25) is 5.91 Å². The summed E-state index contributed by atoms with van der Waals surface area (Å²) in [6.07, 6.45) is 2.98. The Labute approximate surface area is 109 Å². The molecule has 0 aromatic heterocycles. The van der Waals surface area contributed by atoms with Gasteiger partial charge in [-0.2, -0.15) is 0 Å². The Balaban J connectivity index is 2.47. The molecule has 0 spiro atoms. The van der Waals surface area contributed by atoms with E-state index in [0.29, 0.717) is 18.4 Å². The van der Waals surface area contributed by atoms with Crippen LogP contribution in [-0.2, 0) is 11.2 Å². The molecule has 1 aromatic rings. The first-order chi connectivity index (χ1) is 8.69. The number of halogens is 1. The van der Waals surface area contributed by atoms with Gasteiger partial charge < -0.3 is 4.90 Å². The van der Waals surface area contributed by atoms with Crippen molar-refractivity contribution < 1.29 is 9.18 Å². The van der Waals surface area contributed by atoms with Crippen molar-refractivity contribution >= 4 is 5.91 Å². The van der Waals surface area contributed by atoms with E-state index in [2.05, 4.69) is 6.92 Å². The molecule has 2 nitrogen and oxygen atoms in total. The summed E-state index contributed by atoms with van der Waals surface area (Å²) >= 11 is 0. The minimum Gasteiger partial charge on any atom is -0.343 e. The van der Waals surface area contributed by atoms with Gasteiger partial charge in [0.15, 0.2) is 0 Å². The number of rotatable bonds is 7. The highest BCUT2D eigenvalue weighted by Crippen LogP contribution is 2.10. The molecule has 0 saturated carbocycles. The van der Waals surface area contributed by atoms with E-state index in [1.54, 1.807) is 18.2 Å². The molecular weight excluding hydrogens is 229 g/mol. The lowest BCUT2D eigenvalue weighted by Gasteiger charge is -2.20. The number of nitrogens with zero attached hydrogens (tertiary/aromatic N) is 1. The summed E-state index contributed by atoms with van der Waals surface area (Å²) in [6.45, 7) is 5.63. The predicted molar refractivity (Wildman–Crippen MR) is 71.9 cm³/mol. The van der Waals surface area contributed by atoms with Crippen molar-refractivity contribution in [2.45, 2.75) is 39.5 Å². The van der Waals surface area contributed by atoms with Crippen LogP contribution >= 0.6 is 0 Å². The number of aryl methyl sites for hydroxylation is 1. The fraction of sp³-hybridized carbons (Fsp3) is 0.533. The maximum absolute atomic E-state index is 13.4. The average molecular weight is 251 g/mol. The molecule has 0 unspecified atom stereocenters. The highest BCUT2D eigenvalue weighted by Gasteiger charge is 2.11. The quantitative estimate of drug-likeness (QED) is 0.727. The van der Waals surface area contributed by atoms with Gasteiger partial charge in [-0.15, -0.1) is 0 Å². The third-order valence-electron chi connectivity index (χ3n) is 3.08. The maximum atomic E-state index is 13.4. The third kappa shape index (κ3) is 4.47. The number of benzene rings is 1. The Bertz CT molecular complexity index is 379. The van der Waals surface area contributed by atoms with Crippen LogP contribution in [0.2, 0.25) is 0 Å². The highest BCUT2D eigenvalue weighted by molar-refractivity contribution is 5.76. The lowest BCUT2D eigenvalue weighted by molar-refractivity contribution is -0.131. The smallest absolute Gasteiger partial charge is 0.222 e. The topological polar surface area (TPSA) is 20.3 Å². The molecule has 0 radical (unpaired) electrons. The van der Waals surface area contributed by atoms with Crippen LogP contribution < -0.4 is 0 Å². The molecule has 3 heteroatoms. The Morgan fingerprint density at radius 1 is 1.28 bits per heavy atom. The molecule has 18 heavy (non-hydrogen) atoms. The molecule has 1 amide bonds. The molecule has 0 saturated heterocycles. The summed E-state index contributed by atoms with van der Waals surface area (Å²) in [6, 6.07) is 6.65. The zero-order valence-corrected chi connectivity index (χ0v) is 11.3. The van der Waals surface area contributed by atoms with Gasteiger partial charge in [-0.3, -0.25) is 4.79 Å². The van der Waals surface area contributed by atoms with E-state index >= 15 is 0 Å². The summed E-state index contributed by atoms with van der Waals surface area (Å²) in [4.78, 5) is 13.8. The number of unbranched alkanes of at least 4 members (excludes halogenated alkanes) is 1. The number of carbonyl (C=O) groups excluding carboxylic acids is 1. The van der Waals surface area contributed by atoms with Crippen molar-refractivity contribution in [2.75, 3.05) is 13.1 Å². The van der Waals surface area contributed by atoms with Gasteiger partial charge in [-0.25, -0.2) is 4.39 Å². The molecule has 0 atom stereocenters. The van der Waals surface area contributed by atoms with Crippen molar-refractivity contribution in [1.29, 1.82) is 0 Å². The van der Waals surface area contributed by atoms with E-state index in [-0.39, 0.29) is 11.7 Å². The minimum absolute atomic E-state index is 0.120. The molecular formula is C15H22FNO. The van der Waals surface area contributed by atoms with Gasteiger partial charge in [-0.05, 0) is 31.4 Å². The van der Waals surface area contributed by atoms with E-state index in [1.807, 2.05) is 11.8 Å². The molecule has 0 aliphatic carbocycles. The van der Waals surface area contributed by atoms with Crippen LogP contribution in [0.5, 0.6) is 0 Å². The second-order valence-corrected chi connectivity index (χ2v) is 4.42. The van der Waals surface area contributed by atoms with Crippen molar-refractivity contribution in [3.05, 3.63) is 35.6 Å². The van der Waals surface area contributed by atoms with Crippen LogP contribution in [0.25, 0.3) is 0 Å². The summed E-state index contributed by atoms with van der Waals surface area (Å²) in [7, 11) is 0. The highest BCUT2D eigenvalue weighted by atomic mass is 19.1. The standard InChI is InChI=1S/C15H22FNO/c1-3-5-12-17(4-2)15(18)11-10-13-8-6-7-9-14(13)16/h6-9H,3-5,10-12H2,1-2H3. The summed E-state index contributed by atoms with van der Waals surface area (Å²) < 4.78 is 13.4. The van der Waals surface area contributed by atoms with Crippen molar-refractivity contribution in [1.82, 2.24) is 4.90 Å². The fourth-order valence-electron chi connectivity index (χ4n) is 1.91. The van der Waals surface area contributed by atoms with E-state index in [0.717, 1.165) is 25.9 Å². The van der Waals surface area contributed by atoms with Gasteiger partial charge in [-0.1, -0.05) is 31.5 Å².